The third-order valence-electron chi connectivity index (χ3n) is 4.41. The van der Waals surface area contributed by atoms with Gasteiger partial charge in [0.15, 0.2) is 16.6 Å². The van der Waals surface area contributed by atoms with Crippen LogP contribution in [0, 0.1) is 19.7 Å². The highest BCUT2D eigenvalue weighted by Gasteiger charge is 2.18. The van der Waals surface area contributed by atoms with Crippen LogP contribution in [0.5, 0.6) is 0 Å². The Bertz CT molecular complexity index is 1150. The third kappa shape index (κ3) is 3.26. The van der Waals surface area contributed by atoms with Gasteiger partial charge in [-0.25, -0.2) is 4.39 Å². The van der Waals surface area contributed by atoms with Crippen molar-refractivity contribution in [2.24, 2.45) is 0 Å². The molecule has 3 heterocycles. The smallest absolute Gasteiger partial charge is 0.196 e. The van der Waals surface area contributed by atoms with Crippen molar-refractivity contribution < 1.29 is 9.18 Å². The monoisotopic (exact) mass is 380 g/mol. The Balaban J connectivity index is 1.58. The number of pyridine rings is 1. The fraction of sp³-hybridized carbons (Fsp3) is 0.150. The van der Waals surface area contributed by atoms with Crippen LogP contribution < -0.4 is 0 Å². The summed E-state index contributed by atoms with van der Waals surface area (Å²) in [5, 5.41) is 8.91. The molecule has 4 aromatic rings. The first-order chi connectivity index (χ1) is 13.0. The molecule has 7 heteroatoms. The van der Waals surface area contributed by atoms with Crippen molar-refractivity contribution in [1.82, 2.24) is 19.2 Å². The van der Waals surface area contributed by atoms with Crippen molar-refractivity contribution in [2.75, 3.05) is 5.75 Å². The molecule has 0 saturated carbocycles. The molecule has 0 radical (unpaired) electrons. The van der Waals surface area contributed by atoms with Gasteiger partial charge in [0, 0.05) is 28.8 Å². The number of hydrogen-bond acceptors (Lipinski definition) is 4. The zero-order valence-corrected chi connectivity index (χ0v) is 15.7. The van der Waals surface area contributed by atoms with E-state index in [1.165, 1.54) is 23.9 Å². The van der Waals surface area contributed by atoms with E-state index in [0.717, 1.165) is 17.0 Å². The number of Topliss-reactive ketones (excluding diaryl/α,β-unsaturated/α-hetero) is 1. The summed E-state index contributed by atoms with van der Waals surface area (Å²) in [6, 6.07) is 13.9. The summed E-state index contributed by atoms with van der Waals surface area (Å²) in [6.45, 7) is 3.79. The largest absolute Gasteiger partial charge is 0.318 e. The summed E-state index contributed by atoms with van der Waals surface area (Å²) in [4.78, 5) is 12.8. The number of aromatic nitrogens is 4. The van der Waals surface area contributed by atoms with Crippen LogP contribution in [-0.4, -0.2) is 30.7 Å². The van der Waals surface area contributed by atoms with Crippen molar-refractivity contribution in [3.05, 3.63) is 77.5 Å². The Morgan fingerprint density at radius 1 is 1.11 bits per heavy atom. The number of ketones is 1. The standard InChI is InChI=1S/C20H17FN4OS/c1-13-10-17(14(2)25(13)16-7-5-6-15(21)11-16)18(26)12-27-20-23-22-19-8-3-4-9-24(19)20/h3-11H,12H2,1-2H3. The van der Waals surface area contributed by atoms with Crippen molar-refractivity contribution in [3.8, 4) is 5.69 Å². The predicted octanol–water partition coefficient (Wildman–Crippen LogP) is 4.25. The van der Waals surface area contributed by atoms with E-state index in [-0.39, 0.29) is 17.4 Å². The van der Waals surface area contributed by atoms with Crippen molar-refractivity contribution in [2.45, 2.75) is 19.0 Å². The van der Waals surface area contributed by atoms with Crippen LogP contribution in [0.15, 0.2) is 59.9 Å². The van der Waals surface area contributed by atoms with Crippen molar-refractivity contribution in [3.63, 3.8) is 0 Å². The topological polar surface area (TPSA) is 52.2 Å². The molecule has 3 aromatic heterocycles. The van der Waals surface area contributed by atoms with Crippen LogP contribution in [0.1, 0.15) is 21.7 Å². The van der Waals surface area contributed by atoms with E-state index in [2.05, 4.69) is 10.2 Å². The highest BCUT2D eigenvalue weighted by molar-refractivity contribution is 7.99. The average molecular weight is 380 g/mol. The molecule has 136 valence electrons. The second kappa shape index (κ2) is 7.00. The first-order valence-corrected chi connectivity index (χ1v) is 9.44. The molecule has 0 spiro atoms. The lowest BCUT2D eigenvalue weighted by Gasteiger charge is -2.10. The van der Waals surface area contributed by atoms with Gasteiger partial charge in [0.05, 0.1) is 5.75 Å². The third-order valence-corrected chi connectivity index (χ3v) is 5.36. The van der Waals surface area contributed by atoms with Crippen molar-refractivity contribution >= 4 is 23.2 Å². The van der Waals surface area contributed by atoms with E-state index in [4.69, 9.17) is 0 Å². The van der Waals surface area contributed by atoms with Gasteiger partial charge in [0.1, 0.15) is 5.82 Å². The predicted molar refractivity (Wildman–Crippen MR) is 103 cm³/mol. The van der Waals surface area contributed by atoms with Crippen LogP contribution in [-0.2, 0) is 0 Å². The summed E-state index contributed by atoms with van der Waals surface area (Å²) in [6.07, 6.45) is 1.87. The lowest BCUT2D eigenvalue weighted by molar-refractivity contribution is 0.102. The minimum atomic E-state index is -0.304. The molecule has 5 nitrogen and oxygen atoms in total. The lowest BCUT2D eigenvalue weighted by atomic mass is 10.2. The molecule has 0 aliphatic heterocycles. The Morgan fingerprint density at radius 3 is 2.78 bits per heavy atom. The van der Waals surface area contributed by atoms with Gasteiger partial charge >= 0.3 is 0 Å². The normalized spacial score (nSPS) is 11.2. The molecular formula is C20H17FN4OS. The summed E-state index contributed by atoms with van der Waals surface area (Å²) in [7, 11) is 0. The van der Waals surface area contributed by atoms with Gasteiger partial charge in [-0.2, -0.15) is 0 Å². The van der Waals surface area contributed by atoms with Gasteiger partial charge in [-0.1, -0.05) is 23.9 Å². The van der Waals surface area contributed by atoms with Gasteiger partial charge < -0.3 is 4.57 Å². The molecule has 0 unspecified atom stereocenters. The number of carbonyl (C=O) groups is 1. The maximum absolute atomic E-state index is 13.6. The van der Waals surface area contributed by atoms with Crippen LogP contribution in [0.25, 0.3) is 11.3 Å². The van der Waals surface area contributed by atoms with Gasteiger partial charge in [-0.15, -0.1) is 10.2 Å². The highest BCUT2D eigenvalue weighted by Crippen LogP contribution is 2.24. The second-order valence-corrected chi connectivity index (χ2v) is 7.17. The first kappa shape index (κ1) is 17.5. The Hall–Kier alpha value is -2.93. The molecule has 27 heavy (non-hydrogen) atoms. The van der Waals surface area contributed by atoms with Gasteiger partial charge in [-0.3, -0.25) is 9.20 Å². The van der Waals surface area contributed by atoms with Crippen molar-refractivity contribution in [1.29, 1.82) is 0 Å². The molecule has 0 fully saturated rings. The van der Waals surface area contributed by atoms with Gasteiger partial charge in [0.25, 0.3) is 0 Å². The molecule has 0 aliphatic rings. The van der Waals surface area contributed by atoms with Crippen LogP contribution in [0.3, 0.4) is 0 Å². The molecule has 1 aromatic carbocycles. The summed E-state index contributed by atoms with van der Waals surface area (Å²) >= 11 is 1.35. The number of nitrogens with zero attached hydrogens (tertiary/aromatic N) is 4. The fourth-order valence-corrected chi connectivity index (χ4v) is 3.99. The van der Waals surface area contributed by atoms with E-state index in [1.807, 2.05) is 59.3 Å². The molecule has 0 bridgehead atoms. The zero-order valence-electron chi connectivity index (χ0n) is 14.9. The van der Waals surface area contributed by atoms with Crippen LogP contribution in [0.2, 0.25) is 0 Å². The molecule has 0 amide bonds. The molecule has 0 saturated heterocycles. The minimum Gasteiger partial charge on any atom is -0.318 e. The Kier molecular flexibility index (Phi) is 4.53. The number of aryl methyl sites for hydroxylation is 1. The van der Waals surface area contributed by atoms with Gasteiger partial charge in [-0.05, 0) is 50.2 Å². The highest BCUT2D eigenvalue weighted by atomic mass is 32.2. The maximum atomic E-state index is 13.6. The van der Waals surface area contributed by atoms with E-state index in [0.29, 0.717) is 16.4 Å². The molecule has 0 N–H and O–H groups in total. The number of hydrogen-bond donors (Lipinski definition) is 0. The fourth-order valence-electron chi connectivity index (χ4n) is 3.18. The number of benzene rings is 1. The number of thioether (sulfide) groups is 1. The number of fused-ring (bicyclic) bond motifs is 1. The number of carbonyl (C=O) groups excluding carboxylic acids is 1. The summed E-state index contributed by atoms with van der Waals surface area (Å²) < 4.78 is 17.3. The number of rotatable bonds is 5. The van der Waals surface area contributed by atoms with E-state index < -0.39 is 0 Å². The SMILES string of the molecule is Cc1cc(C(=O)CSc2nnc3ccccn23)c(C)n1-c1cccc(F)c1. The Labute approximate surface area is 159 Å². The number of halogens is 1. The quantitative estimate of drug-likeness (QED) is 0.384. The molecule has 4 rings (SSSR count). The zero-order chi connectivity index (χ0) is 19.0. The average Bonchev–Trinajstić information content (AvgIpc) is 3.20. The summed E-state index contributed by atoms with van der Waals surface area (Å²) in [5.41, 5.74) is 3.78. The second-order valence-electron chi connectivity index (χ2n) is 6.22. The lowest BCUT2D eigenvalue weighted by Crippen LogP contribution is -2.06. The summed E-state index contributed by atoms with van der Waals surface area (Å²) in [5.74, 6) is -0.0473. The van der Waals surface area contributed by atoms with E-state index in [1.54, 1.807) is 6.07 Å². The molecular weight excluding hydrogens is 363 g/mol. The van der Waals surface area contributed by atoms with E-state index in [9.17, 15) is 9.18 Å². The Morgan fingerprint density at radius 2 is 1.96 bits per heavy atom. The maximum Gasteiger partial charge on any atom is 0.196 e. The van der Waals surface area contributed by atoms with E-state index >= 15 is 0 Å². The van der Waals surface area contributed by atoms with Crippen LogP contribution >= 0.6 is 11.8 Å². The van der Waals surface area contributed by atoms with Gasteiger partial charge in [0.2, 0.25) is 0 Å². The molecule has 0 atom stereocenters. The molecule has 0 aliphatic carbocycles. The van der Waals surface area contributed by atoms with Crippen LogP contribution in [0.4, 0.5) is 4.39 Å². The first-order valence-electron chi connectivity index (χ1n) is 8.45. The minimum absolute atomic E-state index is 0.00318.